The largest absolute Gasteiger partial charge is 0.467 e. The van der Waals surface area contributed by atoms with Crippen LogP contribution >= 0.6 is 0 Å². The van der Waals surface area contributed by atoms with Gasteiger partial charge in [0.15, 0.2) is 5.82 Å². The molecular weight excluding hydrogens is 206 g/mol. The Balaban J connectivity index is 2.48. The smallest absolute Gasteiger partial charge is 0.321 e. The highest BCUT2D eigenvalue weighted by Gasteiger charge is 2.07. The van der Waals surface area contributed by atoms with Crippen LogP contribution in [0.2, 0.25) is 0 Å². The fourth-order valence-electron chi connectivity index (χ4n) is 1.18. The van der Waals surface area contributed by atoms with Crippen molar-refractivity contribution >= 4 is 5.95 Å². The van der Waals surface area contributed by atoms with Crippen molar-refractivity contribution in [3.05, 3.63) is 24.5 Å². The van der Waals surface area contributed by atoms with Crippen molar-refractivity contribution in [3.8, 4) is 17.4 Å². The molecule has 0 aliphatic rings. The van der Waals surface area contributed by atoms with Crippen LogP contribution in [0.3, 0.4) is 0 Å². The topological polar surface area (TPSA) is 72.8 Å². The van der Waals surface area contributed by atoms with E-state index in [-0.39, 0.29) is 6.01 Å². The van der Waals surface area contributed by atoms with Gasteiger partial charge >= 0.3 is 6.01 Å². The zero-order valence-corrected chi connectivity index (χ0v) is 9.01. The summed E-state index contributed by atoms with van der Waals surface area (Å²) in [6, 6.07) is 3.98. The van der Waals surface area contributed by atoms with Crippen LogP contribution in [0.25, 0.3) is 11.4 Å². The lowest BCUT2D eigenvalue weighted by molar-refractivity contribution is 0.379. The van der Waals surface area contributed by atoms with E-state index in [4.69, 9.17) is 4.74 Å². The molecule has 0 bridgehead atoms. The number of methoxy groups -OCH3 is 1. The number of anilines is 1. The average Bonchev–Trinajstić information content (AvgIpc) is 2.39. The molecule has 0 radical (unpaired) electrons. The minimum Gasteiger partial charge on any atom is -0.467 e. The van der Waals surface area contributed by atoms with Gasteiger partial charge in [0.25, 0.3) is 0 Å². The molecule has 6 heteroatoms. The predicted octanol–water partition coefficient (Wildman–Crippen LogP) is 0.984. The molecule has 0 unspecified atom stereocenters. The first kappa shape index (κ1) is 10.3. The number of pyridine rings is 1. The molecule has 16 heavy (non-hydrogen) atoms. The molecule has 2 rings (SSSR count). The first-order valence-electron chi connectivity index (χ1n) is 4.71. The molecule has 0 aliphatic heterocycles. The number of aromatic nitrogens is 4. The highest BCUT2D eigenvalue weighted by atomic mass is 16.5. The Bertz CT molecular complexity index is 452. The number of nitrogens with zero attached hydrogens (tertiary/aromatic N) is 4. The van der Waals surface area contributed by atoms with Gasteiger partial charge in [-0.3, -0.25) is 4.98 Å². The van der Waals surface area contributed by atoms with Crippen LogP contribution in [0.4, 0.5) is 5.95 Å². The standard InChI is InChI=1S/C10H11N5O/c1-11-9-13-8(14-10(15-9)16-2)7-4-3-5-12-6-7/h3-6H,1-2H3,(H,11,13,14,15). The molecule has 0 amide bonds. The highest BCUT2D eigenvalue weighted by molar-refractivity contribution is 5.54. The van der Waals surface area contributed by atoms with E-state index in [1.54, 1.807) is 19.4 Å². The minimum atomic E-state index is 0.276. The van der Waals surface area contributed by atoms with Gasteiger partial charge in [-0.25, -0.2) is 0 Å². The van der Waals surface area contributed by atoms with Crippen molar-refractivity contribution in [1.82, 2.24) is 19.9 Å². The summed E-state index contributed by atoms with van der Waals surface area (Å²) < 4.78 is 5.00. The molecule has 2 aromatic rings. The molecule has 0 aromatic carbocycles. The van der Waals surface area contributed by atoms with Crippen LogP contribution in [0, 0.1) is 0 Å². The van der Waals surface area contributed by atoms with Crippen molar-refractivity contribution in [2.24, 2.45) is 0 Å². The maximum absolute atomic E-state index is 5.00. The molecule has 82 valence electrons. The molecule has 2 heterocycles. The van der Waals surface area contributed by atoms with Crippen molar-refractivity contribution in [2.75, 3.05) is 19.5 Å². The Labute approximate surface area is 92.8 Å². The van der Waals surface area contributed by atoms with Crippen LogP contribution in [-0.4, -0.2) is 34.1 Å². The molecular formula is C10H11N5O. The Kier molecular flexibility index (Phi) is 2.90. The number of ether oxygens (including phenoxy) is 1. The van der Waals surface area contributed by atoms with Gasteiger partial charge in [-0.2, -0.15) is 15.0 Å². The molecule has 1 N–H and O–H groups in total. The van der Waals surface area contributed by atoms with Gasteiger partial charge in [0, 0.05) is 25.0 Å². The number of rotatable bonds is 3. The fourth-order valence-corrected chi connectivity index (χ4v) is 1.18. The zero-order valence-electron chi connectivity index (χ0n) is 9.01. The van der Waals surface area contributed by atoms with Gasteiger partial charge in [-0.1, -0.05) is 0 Å². The number of nitrogens with one attached hydrogen (secondary N) is 1. The summed E-state index contributed by atoms with van der Waals surface area (Å²) in [5.74, 6) is 0.995. The van der Waals surface area contributed by atoms with Gasteiger partial charge in [0.05, 0.1) is 7.11 Å². The monoisotopic (exact) mass is 217 g/mol. The number of hydrogen-bond acceptors (Lipinski definition) is 6. The van der Waals surface area contributed by atoms with E-state index in [1.165, 1.54) is 7.11 Å². The van der Waals surface area contributed by atoms with Crippen molar-refractivity contribution in [1.29, 1.82) is 0 Å². The van der Waals surface area contributed by atoms with E-state index in [1.807, 2.05) is 12.1 Å². The maximum atomic E-state index is 5.00. The van der Waals surface area contributed by atoms with E-state index in [0.29, 0.717) is 11.8 Å². The van der Waals surface area contributed by atoms with Gasteiger partial charge in [0.2, 0.25) is 5.95 Å². The molecule has 0 fully saturated rings. The van der Waals surface area contributed by atoms with Crippen LogP contribution in [0.15, 0.2) is 24.5 Å². The average molecular weight is 217 g/mol. The second-order valence-electron chi connectivity index (χ2n) is 2.96. The SMILES string of the molecule is CNc1nc(OC)nc(-c2cccnc2)n1. The third-order valence-electron chi connectivity index (χ3n) is 1.94. The molecule has 0 atom stereocenters. The van der Waals surface area contributed by atoms with Gasteiger partial charge < -0.3 is 10.1 Å². The second kappa shape index (κ2) is 4.52. The van der Waals surface area contributed by atoms with E-state index < -0.39 is 0 Å². The normalized spacial score (nSPS) is 9.88. The van der Waals surface area contributed by atoms with Gasteiger partial charge in [-0.05, 0) is 12.1 Å². The van der Waals surface area contributed by atoms with E-state index >= 15 is 0 Å². The Hall–Kier alpha value is -2.24. The first-order valence-corrected chi connectivity index (χ1v) is 4.71. The van der Waals surface area contributed by atoms with Crippen molar-refractivity contribution in [3.63, 3.8) is 0 Å². The summed E-state index contributed by atoms with van der Waals surface area (Å²) in [6.07, 6.45) is 3.38. The first-order chi connectivity index (χ1) is 7.83. The van der Waals surface area contributed by atoms with Crippen LogP contribution in [0.1, 0.15) is 0 Å². The minimum absolute atomic E-state index is 0.276. The van der Waals surface area contributed by atoms with Crippen LogP contribution in [0.5, 0.6) is 6.01 Å². The lowest BCUT2D eigenvalue weighted by Gasteiger charge is -2.04. The van der Waals surface area contributed by atoms with E-state index in [2.05, 4.69) is 25.3 Å². The number of hydrogen-bond donors (Lipinski definition) is 1. The molecule has 0 saturated carbocycles. The zero-order chi connectivity index (χ0) is 11.4. The Morgan fingerprint density at radius 1 is 1.25 bits per heavy atom. The molecule has 0 spiro atoms. The van der Waals surface area contributed by atoms with Gasteiger partial charge in [-0.15, -0.1) is 0 Å². The van der Waals surface area contributed by atoms with Crippen LogP contribution in [-0.2, 0) is 0 Å². The summed E-state index contributed by atoms with van der Waals surface area (Å²) in [4.78, 5) is 16.4. The third kappa shape index (κ3) is 2.05. The van der Waals surface area contributed by atoms with Crippen molar-refractivity contribution < 1.29 is 4.74 Å². The molecule has 0 aliphatic carbocycles. The Morgan fingerprint density at radius 3 is 2.75 bits per heavy atom. The lowest BCUT2D eigenvalue weighted by Crippen LogP contribution is -2.03. The maximum Gasteiger partial charge on any atom is 0.321 e. The third-order valence-corrected chi connectivity index (χ3v) is 1.94. The molecule has 2 aromatic heterocycles. The van der Waals surface area contributed by atoms with Crippen molar-refractivity contribution in [2.45, 2.75) is 0 Å². The summed E-state index contributed by atoms with van der Waals surface area (Å²) in [7, 11) is 3.25. The quantitative estimate of drug-likeness (QED) is 0.826. The lowest BCUT2D eigenvalue weighted by atomic mass is 10.3. The summed E-state index contributed by atoms with van der Waals surface area (Å²) >= 11 is 0. The predicted molar refractivity (Wildman–Crippen MR) is 59.2 cm³/mol. The van der Waals surface area contributed by atoms with E-state index in [0.717, 1.165) is 5.56 Å². The summed E-state index contributed by atoms with van der Waals surface area (Å²) in [5, 5.41) is 2.85. The summed E-state index contributed by atoms with van der Waals surface area (Å²) in [6.45, 7) is 0. The molecule has 6 nitrogen and oxygen atoms in total. The van der Waals surface area contributed by atoms with Crippen LogP contribution < -0.4 is 10.1 Å². The Morgan fingerprint density at radius 2 is 2.12 bits per heavy atom. The second-order valence-corrected chi connectivity index (χ2v) is 2.96. The van der Waals surface area contributed by atoms with Gasteiger partial charge in [0.1, 0.15) is 0 Å². The van der Waals surface area contributed by atoms with E-state index in [9.17, 15) is 0 Å². The summed E-state index contributed by atoms with van der Waals surface area (Å²) in [5.41, 5.74) is 0.819. The highest BCUT2D eigenvalue weighted by Crippen LogP contribution is 2.16. The fraction of sp³-hybridized carbons (Fsp3) is 0.200. The molecule has 0 saturated heterocycles.